The van der Waals surface area contributed by atoms with Crippen LogP contribution in [0.1, 0.15) is 77.6 Å². The fourth-order valence-corrected chi connectivity index (χ4v) is 10.9. The summed E-state index contributed by atoms with van der Waals surface area (Å²) in [6.07, 6.45) is 0. The van der Waals surface area contributed by atoms with Gasteiger partial charge in [-0.15, -0.1) is 11.3 Å². The Labute approximate surface area is 340 Å². The van der Waals surface area contributed by atoms with Crippen LogP contribution < -0.4 is 16.2 Å². The van der Waals surface area contributed by atoms with E-state index in [1.165, 1.54) is 103 Å². The summed E-state index contributed by atoms with van der Waals surface area (Å²) in [7, 11) is 2.49. The summed E-state index contributed by atoms with van der Waals surface area (Å²) < 4.78 is 5.27. The number of nitrogens with one attached hydrogen (secondary N) is 1. The molecule has 3 heterocycles. The third-order valence-electron chi connectivity index (χ3n) is 12.9. The maximum atomic E-state index is 3.88. The lowest BCUT2D eigenvalue weighted by Crippen LogP contribution is -2.38. The first kappa shape index (κ1) is 34.7. The second-order valence-electron chi connectivity index (χ2n) is 19.0. The smallest absolute Gasteiger partial charge is 0.197 e. The van der Waals surface area contributed by atoms with Crippen molar-refractivity contribution in [1.82, 2.24) is 4.57 Å². The van der Waals surface area contributed by atoms with Crippen molar-refractivity contribution >= 4 is 82.9 Å². The summed E-state index contributed by atoms with van der Waals surface area (Å²) in [6.45, 7) is 18.5. The second-order valence-corrected chi connectivity index (χ2v) is 20.0. The van der Waals surface area contributed by atoms with Gasteiger partial charge in [-0.1, -0.05) is 140 Å². The van der Waals surface area contributed by atoms with Crippen LogP contribution in [0.25, 0.3) is 69.9 Å². The van der Waals surface area contributed by atoms with E-state index in [4.69, 9.17) is 0 Å². The Kier molecular flexibility index (Phi) is 7.14. The van der Waals surface area contributed by atoms with E-state index in [0.717, 1.165) is 11.4 Å². The molecule has 0 fully saturated rings. The number of hydrogen-bond acceptors (Lipinski definition) is 2. The highest BCUT2D eigenvalue weighted by molar-refractivity contribution is 7.25. The Morgan fingerprint density at radius 3 is 2.09 bits per heavy atom. The van der Waals surface area contributed by atoms with Crippen molar-refractivity contribution < 1.29 is 0 Å². The van der Waals surface area contributed by atoms with Crippen LogP contribution in [0.2, 0.25) is 0 Å². The van der Waals surface area contributed by atoms with Crippen LogP contribution in [0.3, 0.4) is 0 Å². The average Bonchev–Trinajstić information content (AvgIpc) is 3.79. The molecule has 2 nitrogen and oxygen atoms in total. The van der Waals surface area contributed by atoms with Gasteiger partial charge in [-0.3, -0.25) is 0 Å². The molecule has 11 rings (SSSR count). The van der Waals surface area contributed by atoms with Gasteiger partial charge in [0.05, 0.1) is 5.52 Å². The van der Waals surface area contributed by atoms with E-state index < -0.39 is 0 Å². The number of hydrogen-bond donors (Lipinski definition) is 1. The fraction of sp³-hybridized carbons (Fsp3) is 0.208. The second kappa shape index (κ2) is 11.7. The molecule has 1 aliphatic heterocycles. The van der Waals surface area contributed by atoms with Crippen molar-refractivity contribution in [2.24, 2.45) is 0 Å². The summed E-state index contributed by atoms with van der Waals surface area (Å²) in [5, 5.41) is 9.14. The van der Waals surface area contributed by atoms with Crippen LogP contribution in [0.4, 0.5) is 11.4 Å². The van der Waals surface area contributed by atoms with Crippen molar-refractivity contribution in [1.29, 1.82) is 0 Å². The highest BCUT2D eigenvalue weighted by Crippen LogP contribution is 2.50. The Bertz CT molecular complexity index is 3160. The van der Waals surface area contributed by atoms with Gasteiger partial charge >= 0.3 is 0 Å². The molecular formula is C53H46BN2S. The van der Waals surface area contributed by atoms with E-state index >= 15 is 0 Å². The normalized spacial score (nSPS) is 14.2. The SMILES string of the molecule is CC(C)(C)c1ccc(Nc2ccc(C(C)(C)C)cc2-c2ccc3c4cc5c(cc4n4c3c2[B]c2cc3c(cc2-4)-c2ccccc2C3(C)C)sc2ccccc25)cc1. The Morgan fingerprint density at radius 1 is 0.561 bits per heavy atom. The zero-order chi connectivity index (χ0) is 39.2. The van der Waals surface area contributed by atoms with Gasteiger partial charge < -0.3 is 9.88 Å². The minimum Gasteiger partial charge on any atom is -0.355 e. The molecule has 0 saturated carbocycles. The molecule has 1 aliphatic carbocycles. The van der Waals surface area contributed by atoms with Gasteiger partial charge in [0.2, 0.25) is 0 Å². The van der Waals surface area contributed by atoms with E-state index in [1.54, 1.807) is 0 Å². The van der Waals surface area contributed by atoms with Crippen LogP contribution >= 0.6 is 11.3 Å². The summed E-state index contributed by atoms with van der Waals surface area (Å²) in [6, 6.07) is 48.6. The van der Waals surface area contributed by atoms with Crippen molar-refractivity contribution in [3.8, 4) is 27.9 Å². The quantitative estimate of drug-likeness (QED) is 0.178. The molecule has 1 radical (unpaired) electrons. The number of aromatic nitrogens is 1. The van der Waals surface area contributed by atoms with E-state index in [2.05, 4.69) is 200 Å². The van der Waals surface area contributed by atoms with Crippen LogP contribution in [0.15, 0.2) is 127 Å². The van der Waals surface area contributed by atoms with Gasteiger partial charge in [-0.25, -0.2) is 0 Å². The lowest BCUT2D eigenvalue weighted by molar-refractivity contribution is 0.590. The van der Waals surface area contributed by atoms with E-state index in [0.29, 0.717) is 0 Å². The van der Waals surface area contributed by atoms with Crippen molar-refractivity contribution in [2.75, 3.05) is 5.32 Å². The minimum atomic E-state index is -0.0907. The summed E-state index contributed by atoms with van der Waals surface area (Å²) in [4.78, 5) is 0. The first-order valence-corrected chi connectivity index (χ1v) is 21.2. The molecular weight excluding hydrogens is 707 g/mol. The first-order valence-electron chi connectivity index (χ1n) is 20.3. The lowest BCUT2D eigenvalue weighted by atomic mass is 9.58. The van der Waals surface area contributed by atoms with Crippen molar-refractivity contribution in [3.63, 3.8) is 0 Å². The predicted octanol–water partition coefficient (Wildman–Crippen LogP) is 13.4. The Morgan fingerprint density at radius 2 is 1.30 bits per heavy atom. The number of fused-ring (bicyclic) bond motifs is 11. The molecule has 0 spiro atoms. The molecule has 0 atom stereocenters. The van der Waals surface area contributed by atoms with Crippen molar-refractivity contribution in [2.45, 2.75) is 71.6 Å². The molecule has 0 unspecified atom stereocenters. The van der Waals surface area contributed by atoms with Gasteiger partial charge in [0.15, 0.2) is 7.28 Å². The molecule has 57 heavy (non-hydrogen) atoms. The fourth-order valence-electron chi connectivity index (χ4n) is 9.75. The molecule has 2 aromatic heterocycles. The summed E-state index contributed by atoms with van der Waals surface area (Å²) in [5.74, 6) is 0. The Balaban J connectivity index is 1.20. The molecule has 0 amide bonds. The van der Waals surface area contributed by atoms with Crippen molar-refractivity contribution in [3.05, 3.63) is 150 Å². The molecule has 7 aromatic carbocycles. The van der Waals surface area contributed by atoms with Gasteiger partial charge in [0.1, 0.15) is 0 Å². The molecule has 1 N–H and O–H groups in total. The van der Waals surface area contributed by atoms with Gasteiger partial charge in [-0.2, -0.15) is 0 Å². The highest BCUT2D eigenvalue weighted by Gasteiger charge is 2.38. The largest absolute Gasteiger partial charge is 0.355 e. The Hall–Kier alpha value is -5.58. The highest BCUT2D eigenvalue weighted by atomic mass is 32.1. The van der Waals surface area contributed by atoms with Crippen LogP contribution in [0.5, 0.6) is 0 Å². The standard InChI is InChI=1S/C53H46BN2S/c1-51(2,3)30-17-20-32(21-18-30)55-44-24-19-31(52(4,5)6)25-38(44)35-22-23-36-39-26-40-34-14-10-12-16-47(34)57-48(40)29-45(39)56-46-27-37-33-13-9-11-15-41(33)53(7,8)42(37)28-43(46)54-49(35)50(36)56/h9-29,55H,1-8H3. The summed E-state index contributed by atoms with van der Waals surface area (Å²) >= 11 is 1.90. The van der Waals surface area contributed by atoms with Gasteiger partial charge in [0.25, 0.3) is 0 Å². The lowest BCUT2D eigenvalue weighted by Gasteiger charge is -2.28. The predicted molar refractivity (Wildman–Crippen MR) is 249 cm³/mol. The molecule has 277 valence electrons. The maximum absolute atomic E-state index is 3.88. The zero-order valence-corrected chi connectivity index (χ0v) is 34.9. The average molecular weight is 754 g/mol. The number of nitrogens with zero attached hydrogens (tertiary/aromatic N) is 1. The monoisotopic (exact) mass is 753 g/mol. The van der Waals surface area contributed by atoms with E-state index in [1.807, 2.05) is 11.3 Å². The maximum Gasteiger partial charge on any atom is 0.197 e. The molecule has 2 aliphatic rings. The first-order chi connectivity index (χ1) is 27.3. The molecule has 0 bridgehead atoms. The molecule has 0 saturated heterocycles. The minimum absolute atomic E-state index is 0.0101. The van der Waals surface area contributed by atoms with E-state index in [-0.39, 0.29) is 16.2 Å². The topological polar surface area (TPSA) is 17.0 Å². The molecule has 9 aromatic rings. The number of benzene rings is 7. The summed E-state index contributed by atoms with van der Waals surface area (Å²) in [5.41, 5.74) is 19.2. The zero-order valence-electron chi connectivity index (χ0n) is 34.1. The number of anilines is 2. The van der Waals surface area contributed by atoms with E-state index in [9.17, 15) is 0 Å². The van der Waals surface area contributed by atoms with Crippen LogP contribution in [-0.2, 0) is 16.2 Å². The van der Waals surface area contributed by atoms with Gasteiger partial charge in [0, 0.05) is 64.5 Å². The third-order valence-corrected chi connectivity index (χ3v) is 14.1. The third kappa shape index (κ3) is 5.09. The molecule has 4 heteroatoms. The number of rotatable bonds is 3. The van der Waals surface area contributed by atoms with Crippen LogP contribution in [-0.4, -0.2) is 11.8 Å². The van der Waals surface area contributed by atoms with Crippen LogP contribution in [0, 0.1) is 0 Å². The van der Waals surface area contributed by atoms with Gasteiger partial charge in [-0.05, 0) is 104 Å². The number of thiophene rings is 1.